The highest BCUT2D eigenvalue weighted by molar-refractivity contribution is 7.99. The molecule has 2 aromatic rings. The van der Waals surface area contributed by atoms with Crippen LogP contribution in [0, 0.1) is 13.8 Å². The topological polar surface area (TPSA) is 68.5 Å². The fourth-order valence-corrected chi connectivity index (χ4v) is 3.39. The summed E-state index contributed by atoms with van der Waals surface area (Å²) in [6.07, 6.45) is 0. The zero-order valence-corrected chi connectivity index (χ0v) is 16.7. The molecule has 0 saturated heterocycles. The Balaban J connectivity index is 1.93. The molecule has 6 heteroatoms. The number of methoxy groups -OCH3 is 1. The monoisotopic (exact) mass is 375 g/mol. The number of nitrogens with one attached hydrogen (secondary N) is 1. The van der Waals surface area contributed by atoms with Crippen LogP contribution in [0.2, 0.25) is 0 Å². The van der Waals surface area contributed by atoms with Crippen LogP contribution < -0.4 is 5.32 Å². The number of thioether (sulfide) groups is 1. The minimum Gasteiger partial charge on any atom is -0.465 e. The Morgan fingerprint density at radius 1 is 1.27 bits per heavy atom. The van der Waals surface area contributed by atoms with Gasteiger partial charge in [-0.15, -0.1) is 11.8 Å². The van der Waals surface area contributed by atoms with Crippen molar-refractivity contribution in [1.82, 2.24) is 0 Å². The van der Waals surface area contributed by atoms with Gasteiger partial charge in [0.25, 0.3) is 0 Å². The van der Waals surface area contributed by atoms with E-state index in [4.69, 9.17) is 9.15 Å². The second-order valence-corrected chi connectivity index (χ2v) is 7.39. The Morgan fingerprint density at radius 2 is 2.00 bits per heavy atom. The van der Waals surface area contributed by atoms with Crippen molar-refractivity contribution in [2.24, 2.45) is 0 Å². The van der Waals surface area contributed by atoms with Crippen LogP contribution in [-0.4, -0.2) is 24.7 Å². The molecule has 1 aromatic heterocycles. The molecule has 1 N–H and O–H groups in total. The number of furan rings is 1. The van der Waals surface area contributed by atoms with E-state index in [-0.39, 0.29) is 5.91 Å². The Bertz CT molecular complexity index is 795. The second-order valence-electron chi connectivity index (χ2n) is 6.41. The highest BCUT2D eigenvalue weighted by atomic mass is 32.2. The molecular formula is C20H25NO4S. The largest absolute Gasteiger partial charge is 0.465 e. The lowest BCUT2D eigenvalue weighted by Gasteiger charge is -2.16. The number of amides is 1. The molecule has 0 aliphatic heterocycles. The number of benzene rings is 1. The van der Waals surface area contributed by atoms with Crippen LogP contribution in [0.25, 0.3) is 0 Å². The SMILES string of the molecule is COC(=O)c1cc(CSCC(=O)Nc2c(C)cccc2C(C)C)oc1C. The summed E-state index contributed by atoms with van der Waals surface area (Å²) in [6, 6.07) is 7.71. The molecule has 1 amide bonds. The zero-order valence-electron chi connectivity index (χ0n) is 15.8. The van der Waals surface area contributed by atoms with Crippen molar-refractivity contribution in [3.05, 3.63) is 52.5 Å². The highest BCUT2D eigenvalue weighted by Crippen LogP contribution is 2.28. The maximum atomic E-state index is 12.3. The van der Waals surface area contributed by atoms with Crippen molar-refractivity contribution in [2.45, 2.75) is 39.4 Å². The number of esters is 1. The fourth-order valence-electron chi connectivity index (χ4n) is 2.69. The van der Waals surface area contributed by atoms with Gasteiger partial charge in [-0.2, -0.15) is 0 Å². The predicted molar refractivity (Wildman–Crippen MR) is 105 cm³/mol. The van der Waals surface area contributed by atoms with Crippen molar-refractivity contribution >= 4 is 29.3 Å². The van der Waals surface area contributed by atoms with E-state index in [2.05, 4.69) is 19.2 Å². The number of para-hydroxylation sites is 1. The number of aryl methyl sites for hydroxylation is 2. The lowest BCUT2D eigenvalue weighted by Crippen LogP contribution is -2.16. The number of rotatable bonds is 7. The van der Waals surface area contributed by atoms with Crippen LogP contribution in [0.1, 0.15) is 52.8 Å². The molecule has 0 saturated carbocycles. The first-order chi connectivity index (χ1) is 12.3. The lowest BCUT2D eigenvalue weighted by atomic mass is 9.98. The van der Waals surface area contributed by atoms with Crippen LogP contribution in [0.4, 0.5) is 5.69 Å². The molecule has 0 bridgehead atoms. The van der Waals surface area contributed by atoms with E-state index >= 15 is 0 Å². The Kier molecular flexibility index (Phi) is 6.91. The van der Waals surface area contributed by atoms with E-state index in [1.54, 1.807) is 13.0 Å². The average Bonchev–Trinajstić information content (AvgIpc) is 2.96. The van der Waals surface area contributed by atoms with Crippen molar-refractivity contribution in [2.75, 3.05) is 18.2 Å². The highest BCUT2D eigenvalue weighted by Gasteiger charge is 2.16. The number of ether oxygens (including phenoxy) is 1. The molecule has 140 valence electrons. The van der Waals surface area contributed by atoms with Crippen LogP contribution >= 0.6 is 11.8 Å². The summed E-state index contributed by atoms with van der Waals surface area (Å²) in [4.78, 5) is 23.9. The van der Waals surface area contributed by atoms with Crippen LogP contribution in [0.15, 0.2) is 28.7 Å². The van der Waals surface area contributed by atoms with Gasteiger partial charge < -0.3 is 14.5 Å². The van der Waals surface area contributed by atoms with Crippen molar-refractivity contribution < 1.29 is 18.7 Å². The van der Waals surface area contributed by atoms with Crippen LogP contribution in [-0.2, 0) is 15.3 Å². The molecule has 1 heterocycles. The van der Waals surface area contributed by atoms with E-state index in [9.17, 15) is 9.59 Å². The summed E-state index contributed by atoms with van der Waals surface area (Å²) >= 11 is 1.44. The second kappa shape index (κ2) is 8.94. The molecule has 0 atom stereocenters. The minimum atomic E-state index is -0.416. The number of carbonyl (C=O) groups is 2. The maximum absolute atomic E-state index is 12.3. The minimum absolute atomic E-state index is 0.0531. The summed E-state index contributed by atoms with van der Waals surface area (Å²) in [6.45, 7) is 7.93. The summed E-state index contributed by atoms with van der Waals surface area (Å²) in [5.74, 6) is 1.86. The summed E-state index contributed by atoms with van der Waals surface area (Å²) in [7, 11) is 1.34. The maximum Gasteiger partial charge on any atom is 0.341 e. The number of hydrogen-bond acceptors (Lipinski definition) is 5. The molecule has 0 spiro atoms. The zero-order chi connectivity index (χ0) is 19.3. The summed E-state index contributed by atoms with van der Waals surface area (Å²) < 4.78 is 10.3. The molecular weight excluding hydrogens is 350 g/mol. The van der Waals surface area contributed by atoms with Crippen molar-refractivity contribution in [1.29, 1.82) is 0 Å². The molecule has 2 rings (SSSR count). The molecule has 0 aliphatic carbocycles. The van der Waals surface area contributed by atoms with Crippen LogP contribution in [0.5, 0.6) is 0 Å². The van der Waals surface area contributed by atoms with Gasteiger partial charge in [-0.05, 0) is 37.0 Å². The predicted octanol–water partition coefficient (Wildman–Crippen LogP) is 4.68. The van der Waals surface area contributed by atoms with Gasteiger partial charge in [0.2, 0.25) is 5.91 Å². The first kappa shape index (κ1) is 20.1. The van der Waals surface area contributed by atoms with Gasteiger partial charge in [0.1, 0.15) is 17.1 Å². The van der Waals surface area contributed by atoms with E-state index in [1.165, 1.54) is 18.9 Å². The van der Waals surface area contributed by atoms with Crippen molar-refractivity contribution in [3.63, 3.8) is 0 Å². The average molecular weight is 375 g/mol. The number of carbonyl (C=O) groups excluding carboxylic acids is 2. The number of anilines is 1. The molecule has 1 aromatic carbocycles. The quantitative estimate of drug-likeness (QED) is 0.712. The molecule has 0 aliphatic rings. The fraction of sp³-hybridized carbons (Fsp3) is 0.400. The van der Waals surface area contributed by atoms with Gasteiger partial charge in [-0.25, -0.2) is 4.79 Å². The van der Waals surface area contributed by atoms with Crippen LogP contribution in [0.3, 0.4) is 0 Å². The van der Waals surface area contributed by atoms with Gasteiger partial charge >= 0.3 is 5.97 Å². The first-order valence-corrected chi connectivity index (χ1v) is 9.63. The third kappa shape index (κ3) is 4.91. The van der Waals surface area contributed by atoms with Gasteiger partial charge in [-0.1, -0.05) is 32.0 Å². The summed E-state index contributed by atoms with van der Waals surface area (Å²) in [5.41, 5.74) is 3.51. The van der Waals surface area contributed by atoms with E-state index in [1.807, 2.05) is 25.1 Å². The smallest absolute Gasteiger partial charge is 0.341 e. The van der Waals surface area contributed by atoms with E-state index in [0.717, 1.165) is 16.8 Å². The molecule has 0 unspecified atom stereocenters. The van der Waals surface area contributed by atoms with E-state index < -0.39 is 5.97 Å². The van der Waals surface area contributed by atoms with Gasteiger partial charge in [0.15, 0.2) is 0 Å². The molecule has 26 heavy (non-hydrogen) atoms. The third-order valence-corrected chi connectivity index (χ3v) is 5.00. The molecule has 0 radical (unpaired) electrons. The Morgan fingerprint density at radius 3 is 2.65 bits per heavy atom. The van der Waals surface area contributed by atoms with Gasteiger partial charge in [0.05, 0.1) is 18.6 Å². The third-order valence-electron chi connectivity index (χ3n) is 4.04. The lowest BCUT2D eigenvalue weighted by molar-refractivity contribution is -0.113. The first-order valence-electron chi connectivity index (χ1n) is 8.48. The standard InChI is InChI=1S/C20H25NO4S/c1-12(2)16-8-6-7-13(3)19(16)21-18(22)11-26-10-15-9-17(14(4)25-15)20(23)24-5/h6-9,12H,10-11H2,1-5H3,(H,21,22). The molecule has 5 nitrogen and oxygen atoms in total. The Hall–Kier alpha value is -2.21. The normalized spacial score (nSPS) is 10.8. The van der Waals surface area contributed by atoms with Gasteiger partial charge in [-0.3, -0.25) is 4.79 Å². The molecule has 0 fully saturated rings. The van der Waals surface area contributed by atoms with E-state index in [0.29, 0.717) is 34.5 Å². The summed E-state index contributed by atoms with van der Waals surface area (Å²) in [5, 5.41) is 3.03. The van der Waals surface area contributed by atoms with Gasteiger partial charge in [0, 0.05) is 5.69 Å². The van der Waals surface area contributed by atoms with Crippen molar-refractivity contribution in [3.8, 4) is 0 Å². The number of hydrogen-bond donors (Lipinski definition) is 1. The Labute approximate surface area is 158 Å².